The molecule has 5 rings (SSSR count). The summed E-state index contributed by atoms with van der Waals surface area (Å²) in [7, 11) is 0. The Hall–Kier alpha value is -3.91. The van der Waals surface area contributed by atoms with E-state index in [1.165, 1.54) is 0 Å². The third kappa shape index (κ3) is 3.93. The second-order valence-electron chi connectivity index (χ2n) is 6.77. The summed E-state index contributed by atoms with van der Waals surface area (Å²) >= 11 is 3.37. The van der Waals surface area contributed by atoms with Crippen molar-refractivity contribution in [3.63, 3.8) is 0 Å². The highest BCUT2D eigenvalue weighted by atomic mass is 79.9. The zero-order chi connectivity index (χ0) is 21.2. The molecule has 31 heavy (non-hydrogen) atoms. The van der Waals surface area contributed by atoms with Gasteiger partial charge >= 0.3 is 0 Å². The van der Waals surface area contributed by atoms with Crippen LogP contribution in [0, 0.1) is 0 Å². The van der Waals surface area contributed by atoms with Gasteiger partial charge in [0.2, 0.25) is 5.82 Å². The van der Waals surface area contributed by atoms with Crippen molar-refractivity contribution in [3.05, 3.63) is 95.1 Å². The number of amides is 1. The molecule has 3 heterocycles. The average molecular weight is 471 g/mol. The number of nitrogens with one attached hydrogen (secondary N) is 1. The number of nitrogens with zero attached hydrogens (tertiary/aromatic N) is 5. The van der Waals surface area contributed by atoms with Gasteiger partial charge in [0.25, 0.3) is 5.91 Å². The average Bonchev–Trinajstić information content (AvgIpc) is 3.24. The van der Waals surface area contributed by atoms with Crippen molar-refractivity contribution >= 4 is 33.2 Å². The summed E-state index contributed by atoms with van der Waals surface area (Å²) in [4.78, 5) is 16.7. The largest absolute Gasteiger partial charge is 0.322 e. The molecule has 0 unspecified atom stereocenters. The summed E-state index contributed by atoms with van der Waals surface area (Å²) < 4.78 is 2.61. The molecule has 150 valence electrons. The molecule has 0 atom stereocenters. The van der Waals surface area contributed by atoms with Gasteiger partial charge in [-0.25, -0.2) is 0 Å². The Morgan fingerprint density at radius 2 is 1.65 bits per heavy atom. The van der Waals surface area contributed by atoms with E-state index >= 15 is 0 Å². The van der Waals surface area contributed by atoms with Crippen molar-refractivity contribution < 1.29 is 4.79 Å². The third-order valence-electron chi connectivity index (χ3n) is 4.70. The topological polar surface area (TPSA) is 85.1 Å². The van der Waals surface area contributed by atoms with E-state index in [1.54, 1.807) is 22.8 Å². The lowest BCUT2D eigenvalue weighted by Crippen LogP contribution is -2.11. The quantitative estimate of drug-likeness (QED) is 0.405. The Morgan fingerprint density at radius 3 is 2.39 bits per heavy atom. The van der Waals surface area contributed by atoms with Gasteiger partial charge in [0.15, 0.2) is 5.65 Å². The van der Waals surface area contributed by atoms with Crippen LogP contribution in [0.25, 0.3) is 28.4 Å². The summed E-state index contributed by atoms with van der Waals surface area (Å²) in [5, 5.41) is 16.0. The number of hydrogen-bond acceptors (Lipinski definition) is 5. The van der Waals surface area contributed by atoms with Gasteiger partial charge < -0.3 is 5.32 Å². The molecule has 0 radical (unpaired) electrons. The molecule has 8 heteroatoms. The van der Waals surface area contributed by atoms with Crippen LogP contribution in [-0.4, -0.2) is 30.7 Å². The van der Waals surface area contributed by atoms with Gasteiger partial charge in [0, 0.05) is 27.5 Å². The molecule has 5 aromatic rings. The van der Waals surface area contributed by atoms with E-state index in [0.29, 0.717) is 28.4 Å². The molecule has 0 bridgehead atoms. The SMILES string of the molecule is O=C(Nc1ccc(-c2ccc3nnc(-c4ccccn4)n3n2)cc1)c1ccc(Br)cc1. The molecule has 0 saturated heterocycles. The van der Waals surface area contributed by atoms with Crippen LogP contribution in [0.3, 0.4) is 0 Å². The lowest BCUT2D eigenvalue weighted by atomic mass is 10.1. The minimum absolute atomic E-state index is 0.163. The number of rotatable bonds is 4. The first-order valence-corrected chi connectivity index (χ1v) is 10.3. The number of carbonyl (C=O) groups excluding carboxylic acids is 1. The number of halogens is 1. The summed E-state index contributed by atoms with van der Waals surface area (Å²) in [5.74, 6) is 0.417. The lowest BCUT2D eigenvalue weighted by molar-refractivity contribution is 0.102. The van der Waals surface area contributed by atoms with E-state index in [-0.39, 0.29) is 5.91 Å². The fourth-order valence-corrected chi connectivity index (χ4v) is 3.39. The predicted octanol–water partition coefficient (Wildman–Crippen LogP) is 4.87. The fraction of sp³-hybridized carbons (Fsp3) is 0. The summed E-state index contributed by atoms with van der Waals surface area (Å²) in [6.45, 7) is 0. The van der Waals surface area contributed by atoms with Gasteiger partial charge in [-0.3, -0.25) is 9.78 Å². The highest BCUT2D eigenvalue weighted by Crippen LogP contribution is 2.22. The zero-order valence-corrected chi connectivity index (χ0v) is 17.7. The van der Waals surface area contributed by atoms with Crippen molar-refractivity contribution in [2.75, 3.05) is 5.32 Å². The number of hydrogen-bond donors (Lipinski definition) is 1. The molecule has 3 aromatic heterocycles. The Labute approximate surface area is 185 Å². The minimum atomic E-state index is -0.163. The third-order valence-corrected chi connectivity index (χ3v) is 5.23. The van der Waals surface area contributed by atoms with E-state index < -0.39 is 0 Å². The van der Waals surface area contributed by atoms with E-state index in [9.17, 15) is 4.79 Å². The van der Waals surface area contributed by atoms with E-state index in [2.05, 4.69) is 41.5 Å². The van der Waals surface area contributed by atoms with Gasteiger partial charge in [0.05, 0.1) is 5.69 Å². The molecule has 7 nitrogen and oxygen atoms in total. The van der Waals surface area contributed by atoms with Crippen molar-refractivity contribution in [2.24, 2.45) is 0 Å². The maximum Gasteiger partial charge on any atom is 0.255 e. The van der Waals surface area contributed by atoms with Gasteiger partial charge in [-0.15, -0.1) is 10.2 Å². The number of fused-ring (bicyclic) bond motifs is 1. The number of benzene rings is 2. The number of aromatic nitrogens is 5. The van der Waals surface area contributed by atoms with Crippen LogP contribution in [0.5, 0.6) is 0 Å². The van der Waals surface area contributed by atoms with Crippen LogP contribution < -0.4 is 5.32 Å². The highest BCUT2D eigenvalue weighted by molar-refractivity contribution is 9.10. The summed E-state index contributed by atoms with van der Waals surface area (Å²) in [5.41, 5.74) is 4.30. The van der Waals surface area contributed by atoms with Gasteiger partial charge in [-0.05, 0) is 60.7 Å². The van der Waals surface area contributed by atoms with E-state index in [1.807, 2.05) is 66.7 Å². The van der Waals surface area contributed by atoms with Gasteiger partial charge in [-0.2, -0.15) is 9.61 Å². The Bertz CT molecular complexity index is 1370. The first-order valence-electron chi connectivity index (χ1n) is 9.49. The maximum atomic E-state index is 12.4. The molecule has 2 aromatic carbocycles. The van der Waals surface area contributed by atoms with Gasteiger partial charge in [-0.1, -0.05) is 34.1 Å². The molecule has 0 aliphatic carbocycles. The molecule has 0 fully saturated rings. The minimum Gasteiger partial charge on any atom is -0.322 e. The van der Waals surface area contributed by atoms with Crippen LogP contribution in [0.15, 0.2) is 89.5 Å². The number of anilines is 1. The monoisotopic (exact) mass is 470 g/mol. The molecule has 1 N–H and O–H groups in total. The lowest BCUT2D eigenvalue weighted by Gasteiger charge is -2.07. The van der Waals surface area contributed by atoms with Crippen molar-refractivity contribution in [1.29, 1.82) is 0 Å². The van der Waals surface area contributed by atoms with Crippen LogP contribution in [0.1, 0.15) is 10.4 Å². The summed E-state index contributed by atoms with van der Waals surface area (Å²) in [6.07, 6.45) is 1.71. The normalized spacial score (nSPS) is 10.9. The standard InChI is InChI=1S/C23H15BrN6O/c24-17-8-4-16(5-9-17)23(31)26-18-10-6-15(7-11-18)19-12-13-21-27-28-22(30(21)29-19)20-3-1-2-14-25-20/h1-14H,(H,26,31). The molecule has 0 aliphatic heterocycles. The number of pyridine rings is 1. The van der Waals surface area contributed by atoms with Crippen molar-refractivity contribution in [2.45, 2.75) is 0 Å². The number of carbonyl (C=O) groups is 1. The van der Waals surface area contributed by atoms with E-state index in [0.717, 1.165) is 15.7 Å². The Morgan fingerprint density at radius 1 is 0.839 bits per heavy atom. The second-order valence-corrected chi connectivity index (χ2v) is 7.68. The maximum absolute atomic E-state index is 12.4. The van der Waals surface area contributed by atoms with Gasteiger partial charge in [0.1, 0.15) is 5.69 Å². The van der Waals surface area contributed by atoms with Crippen molar-refractivity contribution in [3.8, 4) is 22.8 Å². The Kier molecular flexibility index (Phi) is 4.97. The smallest absolute Gasteiger partial charge is 0.255 e. The molecule has 0 aliphatic rings. The second kappa shape index (κ2) is 8.08. The van der Waals surface area contributed by atoms with Crippen LogP contribution in [0.2, 0.25) is 0 Å². The van der Waals surface area contributed by atoms with Crippen molar-refractivity contribution in [1.82, 2.24) is 24.8 Å². The Balaban J connectivity index is 1.40. The first-order chi connectivity index (χ1) is 15.2. The van der Waals surface area contributed by atoms with E-state index in [4.69, 9.17) is 0 Å². The molecule has 0 spiro atoms. The van der Waals surface area contributed by atoms with Crippen LogP contribution >= 0.6 is 15.9 Å². The highest BCUT2D eigenvalue weighted by Gasteiger charge is 2.12. The van der Waals surface area contributed by atoms with Crippen LogP contribution in [-0.2, 0) is 0 Å². The molecule has 0 saturated carbocycles. The molecular weight excluding hydrogens is 456 g/mol. The predicted molar refractivity (Wildman–Crippen MR) is 122 cm³/mol. The van der Waals surface area contributed by atoms with Crippen LogP contribution in [0.4, 0.5) is 5.69 Å². The molecule has 1 amide bonds. The zero-order valence-electron chi connectivity index (χ0n) is 16.1. The first kappa shape index (κ1) is 19.1. The summed E-state index contributed by atoms with van der Waals surface area (Å²) in [6, 6.07) is 24.1. The fourth-order valence-electron chi connectivity index (χ4n) is 3.13. The molecular formula is C23H15BrN6O.